The Morgan fingerprint density at radius 1 is 1.00 bits per heavy atom. The van der Waals surface area contributed by atoms with Gasteiger partial charge in [-0.1, -0.05) is 45.9 Å². The lowest BCUT2D eigenvalue weighted by atomic mass is 9.58. The second kappa shape index (κ2) is 4.74. The lowest BCUT2D eigenvalue weighted by Crippen LogP contribution is -2.60. The number of fused-ring (bicyclic) bond motifs is 1. The van der Waals surface area contributed by atoms with Crippen LogP contribution in [0.2, 0.25) is 0 Å². The van der Waals surface area contributed by atoms with Gasteiger partial charge in [0.15, 0.2) is 0 Å². The molecule has 1 aliphatic heterocycles. The maximum atomic E-state index is 6.38. The number of para-hydroxylation sites is 1. The van der Waals surface area contributed by atoms with Crippen molar-refractivity contribution in [3.05, 3.63) is 29.8 Å². The third-order valence-corrected chi connectivity index (χ3v) is 5.41. The summed E-state index contributed by atoms with van der Waals surface area (Å²) in [4.78, 5) is 2.64. The van der Waals surface area contributed by atoms with E-state index in [-0.39, 0.29) is 5.54 Å². The summed E-state index contributed by atoms with van der Waals surface area (Å²) in [5.74, 6) is 0. The van der Waals surface area contributed by atoms with Crippen molar-refractivity contribution in [2.75, 3.05) is 18.0 Å². The summed E-state index contributed by atoms with van der Waals surface area (Å²) >= 11 is 0. The number of nitrogens with two attached hydrogens (primary N) is 1. The minimum Gasteiger partial charge on any atom is -0.364 e. The molecule has 2 nitrogen and oxygen atoms in total. The van der Waals surface area contributed by atoms with Crippen molar-refractivity contribution < 1.29 is 0 Å². The van der Waals surface area contributed by atoms with Crippen LogP contribution in [0, 0.1) is 10.8 Å². The minimum atomic E-state index is 0.123. The molecule has 116 valence electrons. The molecule has 0 radical (unpaired) electrons. The Hall–Kier alpha value is -1.02. The molecule has 2 N–H and O–H groups in total. The topological polar surface area (TPSA) is 29.3 Å². The molecule has 0 bridgehead atoms. The zero-order valence-corrected chi connectivity index (χ0v) is 14.1. The Morgan fingerprint density at radius 2 is 1.62 bits per heavy atom. The lowest BCUT2D eigenvalue weighted by Gasteiger charge is -2.56. The van der Waals surface area contributed by atoms with Gasteiger partial charge in [0.1, 0.15) is 0 Å². The molecule has 0 amide bonds. The van der Waals surface area contributed by atoms with E-state index in [1.54, 1.807) is 0 Å². The Morgan fingerprint density at radius 3 is 2.24 bits per heavy atom. The molecule has 3 rings (SSSR count). The number of rotatable bonds is 2. The molecule has 1 aliphatic carbocycles. The Kier molecular flexibility index (Phi) is 3.36. The van der Waals surface area contributed by atoms with Crippen LogP contribution >= 0.6 is 0 Å². The molecular weight excluding hydrogens is 256 g/mol. The van der Waals surface area contributed by atoms with Gasteiger partial charge < -0.3 is 10.6 Å². The van der Waals surface area contributed by atoms with Crippen LogP contribution in [0.25, 0.3) is 0 Å². The van der Waals surface area contributed by atoms with Gasteiger partial charge in [-0.25, -0.2) is 0 Å². The van der Waals surface area contributed by atoms with E-state index in [9.17, 15) is 0 Å². The van der Waals surface area contributed by atoms with Gasteiger partial charge in [0.25, 0.3) is 0 Å². The van der Waals surface area contributed by atoms with Gasteiger partial charge in [0.05, 0.1) is 5.54 Å². The summed E-state index contributed by atoms with van der Waals surface area (Å²) in [5.41, 5.74) is 10.1. The van der Waals surface area contributed by atoms with Crippen molar-refractivity contribution in [3.8, 4) is 0 Å². The third-order valence-electron chi connectivity index (χ3n) is 5.41. The molecule has 0 saturated heterocycles. The van der Waals surface area contributed by atoms with E-state index in [0.29, 0.717) is 10.8 Å². The SMILES string of the molecule is CC1(C)CC(C)(C)CC(CN)(N2CCc3ccccc32)C1. The first-order chi connectivity index (χ1) is 9.77. The summed E-state index contributed by atoms with van der Waals surface area (Å²) in [6.45, 7) is 11.6. The highest BCUT2D eigenvalue weighted by Crippen LogP contribution is 2.53. The molecule has 1 fully saturated rings. The zero-order valence-electron chi connectivity index (χ0n) is 14.1. The van der Waals surface area contributed by atoms with Crippen LogP contribution in [0.15, 0.2) is 24.3 Å². The fraction of sp³-hybridized carbons (Fsp3) is 0.684. The largest absolute Gasteiger partial charge is 0.364 e. The average molecular weight is 286 g/mol. The lowest BCUT2D eigenvalue weighted by molar-refractivity contribution is 0.0485. The van der Waals surface area contributed by atoms with Crippen LogP contribution < -0.4 is 10.6 Å². The zero-order chi connectivity index (χ0) is 15.3. The summed E-state index contributed by atoms with van der Waals surface area (Å²) in [7, 11) is 0. The van der Waals surface area contributed by atoms with Gasteiger partial charge in [-0.2, -0.15) is 0 Å². The molecule has 0 unspecified atom stereocenters. The molecule has 0 spiro atoms. The molecule has 2 aliphatic rings. The van der Waals surface area contributed by atoms with Gasteiger partial charge in [0, 0.05) is 18.8 Å². The van der Waals surface area contributed by atoms with Gasteiger partial charge in [0.2, 0.25) is 0 Å². The van der Waals surface area contributed by atoms with Gasteiger partial charge in [-0.15, -0.1) is 0 Å². The van der Waals surface area contributed by atoms with Crippen molar-refractivity contribution in [1.29, 1.82) is 0 Å². The predicted octanol–water partition coefficient (Wildman–Crippen LogP) is 3.98. The first-order valence-electron chi connectivity index (χ1n) is 8.33. The molecule has 1 heterocycles. The van der Waals surface area contributed by atoms with E-state index in [1.807, 2.05) is 0 Å². The molecule has 0 aromatic heterocycles. The first-order valence-corrected chi connectivity index (χ1v) is 8.33. The van der Waals surface area contributed by atoms with E-state index in [1.165, 1.54) is 36.9 Å². The Balaban J connectivity index is 2.01. The van der Waals surface area contributed by atoms with Gasteiger partial charge in [-0.3, -0.25) is 0 Å². The maximum absolute atomic E-state index is 6.38. The number of benzene rings is 1. The van der Waals surface area contributed by atoms with E-state index in [4.69, 9.17) is 5.73 Å². The van der Waals surface area contributed by atoms with Gasteiger partial charge in [-0.05, 0) is 48.1 Å². The Labute approximate surface area is 129 Å². The smallest absolute Gasteiger partial charge is 0.0534 e. The standard InChI is InChI=1S/C19H30N2/c1-17(2)11-18(3,4)13-19(12-17,14-20)21-10-9-15-7-5-6-8-16(15)21/h5-8H,9-14,20H2,1-4H3. The Bertz CT molecular complexity index is 514. The molecule has 1 aromatic carbocycles. The summed E-state index contributed by atoms with van der Waals surface area (Å²) in [6, 6.07) is 8.89. The van der Waals surface area contributed by atoms with Gasteiger partial charge >= 0.3 is 0 Å². The van der Waals surface area contributed by atoms with Crippen LogP contribution in [0.5, 0.6) is 0 Å². The molecule has 2 heteroatoms. The van der Waals surface area contributed by atoms with Crippen molar-refractivity contribution in [3.63, 3.8) is 0 Å². The van der Waals surface area contributed by atoms with Crippen molar-refractivity contribution in [2.24, 2.45) is 16.6 Å². The molecule has 0 atom stereocenters. The van der Waals surface area contributed by atoms with Crippen LogP contribution in [0.3, 0.4) is 0 Å². The van der Waals surface area contributed by atoms with Crippen molar-refractivity contribution in [1.82, 2.24) is 0 Å². The van der Waals surface area contributed by atoms with Crippen LogP contribution in [-0.4, -0.2) is 18.6 Å². The molecule has 21 heavy (non-hydrogen) atoms. The van der Waals surface area contributed by atoms with E-state index in [2.05, 4.69) is 56.9 Å². The second-order valence-electron chi connectivity index (χ2n) is 8.82. The van der Waals surface area contributed by atoms with E-state index < -0.39 is 0 Å². The highest BCUT2D eigenvalue weighted by molar-refractivity contribution is 5.60. The number of anilines is 1. The average Bonchev–Trinajstić information content (AvgIpc) is 2.79. The highest BCUT2D eigenvalue weighted by atomic mass is 15.2. The van der Waals surface area contributed by atoms with Crippen molar-refractivity contribution in [2.45, 2.75) is 58.9 Å². The van der Waals surface area contributed by atoms with Crippen LogP contribution in [-0.2, 0) is 6.42 Å². The summed E-state index contributed by atoms with van der Waals surface area (Å²) in [5, 5.41) is 0. The first kappa shape index (κ1) is 14.9. The normalized spacial score (nSPS) is 25.7. The van der Waals surface area contributed by atoms with Crippen LogP contribution in [0.1, 0.15) is 52.5 Å². The third kappa shape index (κ3) is 2.59. The monoisotopic (exact) mass is 286 g/mol. The number of nitrogens with zero attached hydrogens (tertiary/aromatic N) is 1. The second-order valence-corrected chi connectivity index (χ2v) is 8.82. The van der Waals surface area contributed by atoms with Crippen molar-refractivity contribution >= 4 is 5.69 Å². The predicted molar refractivity (Wildman–Crippen MR) is 90.7 cm³/mol. The quantitative estimate of drug-likeness (QED) is 0.891. The van der Waals surface area contributed by atoms with Crippen LogP contribution in [0.4, 0.5) is 5.69 Å². The fourth-order valence-corrected chi connectivity index (χ4v) is 5.54. The molecule has 1 saturated carbocycles. The number of hydrogen-bond acceptors (Lipinski definition) is 2. The summed E-state index contributed by atoms with van der Waals surface area (Å²) in [6.07, 6.45) is 4.86. The van der Waals surface area contributed by atoms with E-state index >= 15 is 0 Å². The fourth-order valence-electron chi connectivity index (χ4n) is 5.54. The van der Waals surface area contributed by atoms with E-state index in [0.717, 1.165) is 13.1 Å². The maximum Gasteiger partial charge on any atom is 0.0534 e. The highest BCUT2D eigenvalue weighted by Gasteiger charge is 2.50. The molecule has 1 aromatic rings. The number of hydrogen-bond donors (Lipinski definition) is 1. The summed E-state index contributed by atoms with van der Waals surface area (Å²) < 4.78 is 0. The molecular formula is C19H30N2. The minimum absolute atomic E-state index is 0.123.